The molecule has 2 fully saturated rings. The summed E-state index contributed by atoms with van der Waals surface area (Å²) in [5.41, 5.74) is 4.17. The number of carbonyl (C=O) groups excluding carboxylic acids is 1. The van der Waals surface area contributed by atoms with Crippen LogP contribution in [0.3, 0.4) is 0 Å². The van der Waals surface area contributed by atoms with Crippen molar-refractivity contribution < 1.29 is 9.32 Å². The fourth-order valence-corrected chi connectivity index (χ4v) is 4.80. The van der Waals surface area contributed by atoms with Crippen molar-refractivity contribution >= 4 is 11.9 Å². The van der Waals surface area contributed by atoms with Crippen molar-refractivity contribution in [3.05, 3.63) is 59.7 Å². The minimum absolute atomic E-state index is 0.145. The Labute approximate surface area is 187 Å². The van der Waals surface area contributed by atoms with E-state index in [0.29, 0.717) is 13.1 Å². The molecule has 1 amide bonds. The van der Waals surface area contributed by atoms with E-state index in [-0.39, 0.29) is 5.91 Å². The molecule has 0 atom stereocenters. The summed E-state index contributed by atoms with van der Waals surface area (Å²) in [7, 11) is 0. The molecule has 0 radical (unpaired) electrons. The van der Waals surface area contributed by atoms with E-state index in [1.165, 1.54) is 0 Å². The third-order valence-corrected chi connectivity index (χ3v) is 6.48. The first kappa shape index (κ1) is 20.6. The highest BCUT2D eigenvalue weighted by molar-refractivity contribution is 5.87. The number of aryl methyl sites for hydroxylation is 2. The first-order chi connectivity index (χ1) is 15.5. The summed E-state index contributed by atoms with van der Waals surface area (Å²) in [5.74, 6) is 0.902. The summed E-state index contributed by atoms with van der Waals surface area (Å²) >= 11 is 0. The van der Waals surface area contributed by atoms with Gasteiger partial charge in [-0.15, -0.1) is 0 Å². The van der Waals surface area contributed by atoms with Crippen LogP contribution in [-0.4, -0.2) is 57.6 Å². The number of hydrogen-bond donors (Lipinski definition) is 1. The van der Waals surface area contributed by atoms with Crippen LogP contribution in [0.25, 0.3) is 11.1 Å². The van der Waals surface area contributed by atoms with Gasteiger partial charge in [0.25, 0.3) is 0 Å². The van der Waals surface area contributed by atoms with Crippen molar-refractivity contribution in [3.8, 4) is 11.1 Å². The molecule has 5 rings (SSSR count). The first-order valence-electron chi connectivity index (χ1n) is 11.1. The first-order valence-corrected chi connectivity index (χ1v) is 11.1. The number of piperazine rings is 1. The lowest BCUT2D eigenvalue weighted by Crippen LogP contribution is -2.67. The molecule has 0 unspecified atom stereocenters. The van der Waals surface area contributed by atoms with Crippen LogP contribution in [0.4, 0.5) is 5.95 Å². The Hall–Kier alpha value is -3.26. The zero-order chi connectivity index (χ0) is 22.1. The van der Waals surface area contributed by atoms with Crippen molar-refractivity contribution in [3.63, 3.8) is 0 Å². The molecule has 2 saturated heterocycles. The summed E-state index contributed by atoms with van der Waals surface area (Å²) in [4.78, 5) is 26.9. The van der Waals surface area contributed by atoms with Gasteiger partial charge in [0.15, 0.2) is 0 Å². The van der Waals surface area contributed by atoms with Crippen LogP contribution >= 0.6 is 0 Å². The lowest BCUT2D eigenvalue weighted by Gasteiger charge is -2.46. The fourth-order valence-electron chi connectivity index (χ4n) is 4.80. The maximum atomic E-state index is 13.6. The summed E-state index contributed by atoms with van der Waals surface area (Å²) in [6.45, 7) is 7.34. The maximum Gasteiger partial charge on any atom is 0.243 e. The van der Waals surface area contributed by atoms with Crippen molar-refractivity contribution in [2.45, 2.75) is 38.8 Å². The molecular weight excluding hydrogens is 404 g/mol. The van der Waals surface area contributed by atoms with E-state index in [1.54, 1.807) is 6.26 Å². The van der Waals surface area contributed by atoms with Crippen molar-refractivity contribution in [1.82, 2.24) is 25.3 Å². The molecule has 0 aliphatic carbocycles. The van der Waals surface area contributed by atoms with Crippen LogP contribution in [-0.2, 0) is 11.3 Å². The van der Waals surface area contributed by atoms with E-state index in [4.69, 9.17) is 4.52 Å². The molecule has 8 heteroatoms. The Balaban J connectivity index is 1.30. The van der Waals surface area contributed by atoms with Crippen molar-refractivity contribution in [1.29, 1.82) is 0 Å². The number of anilines is 1. The van der Waals surface area contributed by atoms with Gasteiger partial charge in [0, 0.05) is 43.1 Å². The molecule has 0 bridgehead atoms. The van der Waals surface area contributed by atoms with Gasteiger partial charge in [-0.05, 0) is 38.3 Å². The van der Waals surface area contributed by atoms with Crippen LogP contribution < -0.4 is 10.2 Å². The molecule has 4 heterocycles. The van der Waals surface area contributed by atoms with Crippen LogP contribution in [0.5, 0.6) is 0 Å². The topological polar surface area (TPSA) is 87.4 Å². The molecule has 1 spiro atoms. The maximum absolute atomic E-state index is 13.6. The number of aromatic nitrogens is 3. The summed E-state index contributed by atoms with van der Waals surface area (Å²) < 4.78 is 5.27. The van der Waals surface area contributed by atoms with Gasteiger partial charge in [-0.1, -0.05) is 35.5 Å². The average molecular weight is 433 g/mol. The highest BCUT2D eigenvalue weighted by atomic mass is 16.5. The van der Waals surface area contributed by atoms with Crippen LogP contribution in [0.15, 0.2) is 47.2 Å². The molecule has 2 aliphatic rings. The average Bonchev–Trinajstić information content (AvgIpc) is 3.26. The monoisotopic (exact) mass is 432 g/mol. The summed E-state index contributed by atoms with van der Waals surface area (Å²) in [6, 6.07) is 12.0. The molecule has 8 nitrogen and oxygen atoms in total. The number of nitrogens with one attached hydrogen (secondary N) is 1. The lowest BCUT2D eigenvalue weighted by atomic mass is 9.84. The van der Waals surface area contributed by atoms with E-state index in [9.17, 15) is 4.79 Å². The number of hydrogen-bond acceptors (Lipinski definition) is 7. The second kappa shape index (κ2) is 8.35. The third kappa shape index (κ3) is 3.86. The van der Waals surface area contributed by atoms with Crippen LogP contribution in [0.1, 0.15) is 29.9 Å². The van der Waals surface area contributed by atoms with Gasteiger partial charge in [-0.2, -0.15) is 0 Å². The second-order valence-electron chi connectivity index (χ2n) is 8.71. The third-order valence-electron chi connectivity index (χ3n) is 6.48. The van der Waals surface area contributed by atoms with Gasteiger partial charge in [-0.25, -0.2) is 9.97 Å². The zero-order valence-electron chi connectivity index (χ0n) is 18.5. The standard InChI is InChI=1S/C24H28N6O2/c1-17-14-18(2)27-23(26-17)29-11-8-24(9-12-29)22(31)30(13-10-25-24)15-21-20(16-32-28-21)19-6-4-3-5-7-19/h3-7,14,16,25H,8-13,15H2,1-2H3. The lowest BCUT2D eigenvalue weighted by molar-refractivity contribution is -0.143. The minimum Gasteiger partial charge on any atom is -0.364 e. The quantitative estimate of drug-likeness (QED) is 0.678. The van der Waals surface area contributed by atoms with Gasteiger partial charge < -0.3 is 19.6 Å². The van der Waals surface area contributed by atoms with E-state index >= 15 is 0 Å². The number of rotatable bonds is 4. The SMILES string of the molecule is Cc1cc(C)nc(N2CCC3(CC2)NCCN(Cc2nocc2-c2ccccc2)C3=O)n1. The van der Waals surface area contributed by atoms with E-state index in [0.717, 1.165) is 66.6 Å². The predicted octanol–water partition coefficient (Wildman–Crippen LogP) is 2.72. The largest absolute Gasteiger partial charge is 0.364 e. The van der Waals surface area contributed by atoms with Gasteiger partial charge >= 0.3 is 0 Å². The smallest absolute Gasteiger partial charge is 0.243 e. The van der Waals surface area contributed by atoms with Gasteiger partial charge in [-0.3, -0.25) is 4.79 Å². The molecule has 2 aromatic heterocycles. The Kier molecular flexibility index (Phi) is 5.38. The molecule has 3 aromatic rings. The zero-order valence-corrected chi connectivity index (χ0v) is 18.5. The van der Waals surface area contributed by atoms with Gasteiger partial charge in [0.1, 0.15) is 17.5 Å². The fraction of sp³-hybridized carbons (Fsp3) is 0.417. The number of piperidine rings is 1. The Morgan fingerprint density at radius 3 is 2.50 bits per heavy atom. The van der Waals surface area contributed by atoms with E-state index < -0.39 is 5.54 Å². The number of nitrogens with zero attached hydrogens (tertiary/aromatic N) is 5. The van der Waals surface area contributed by atoms with Crippen LogP contribution in [0, 0.1) is 13.8 Å². The highest BCUT2D eigenvalue weighted by Gasteiger charge is 2.46. The van der Waals surface area contributed by atoms with Crippen molar-refractivity contribution in [2.75, 3.05) is 31.1 Å². The number of carbonyl (C=O) groups is 1. The Morgan fingerprint density at radius 2 is 1.78 bits per heavy atom. The van der Waals surface area contributed by atoms with E-state index in [2.05, 4.69) is 25.3 Å². The molecular formula is C24H28N6O2. The molecule has 1 aromatic carbocycles. The molecule has 166 valence electrons. The highest BCUT2D eigenvalue weighted by Crippen LogP contribution is 2.31. The second-order valence-corrected chi connectivity index (χ2v) is 8.71. The summed E-state index contributed by atoms with van der Waals surface area (Å²) in [5, 5.41) is 7.74. The van der Waals surface area contributed by atoms with Gasteiger partial charge in [0.2, 0.25) is 11.9 Å². The van der Waals surface area contributed by atoms with Gasteiger partial charge in [0.05, 0.1) is 6.54 Å². The normalized spacial score (nSPS) is 18.4. The number of amides is 1. The molecule has 1 N–H and O–H groups in total. The van der Waals surface area contributed by atoms with E-state index in [1.807, 2.05) is 55.1 Å². The Morgan fingerprint density at radius 1 is 1.06 bits per heavy atom. The molecule has 0 saturated carbocycles. The molecule has 32 heavy (non-hydrogen) atoms. The van der Waals surface area contributed by atoms with Crippen LogP contribution in [0.2, 0.25) is 0 Å². The van der Waals surface area contributed by atoms with Crippen molar-refractivity contribution in [2.24, 2.45) is 0 Å². The summed E-state index contributed by atoms with van der Waals surface area (Å²) in [6.07, 6.45) is 3.11. The molecule has 2 aliphatic heterocycles. The minimum atomic E-state index is -0.537. The predicted molar refractivity (Wildman–Crippen MR) is 121 cm³/mol. The number of benzene rings is 1. The Bertz CT molecular complexity index is 1080.